The Labute approximate surface area is 97.9 Å². The van der Waals surface area contributed by atoms with Gasteiger partial charge in [0.25, 0.3) is 0 Å². The van der Waals surface area contributed by atoms with Crippen LogP contribution < -0.4 is 0 Å². The van der Waals surface area contributed by atoms with Gasteiger partial charge in [-0.3, -0.25) is 0 Å². The molecule has 0 bridgehead atoms. The van der Waals surface area contributed by atoms with E-state index in [-0.39, 0.29) is 11.2 Å². The number of rotatable bonds is 3. The molecular weight excluding hydrogens is 199 g/mol. The minimum absolute atomic E-state index is 0.0113. The SMILES string of the molecule is CCCC1(C(C)C)CCc2cccc(F)c21. The molecule has 1 aromatic rings. The quantitative estimate of drug-likeness (QED) is 0.705. The van der Waals surface area contributed by atoms with E-state index in [9.17, 15) is 4.39 Å². The van der Waals surface area contributed by atoms with Gasteiger partial charge in [0.15, 0.2) is 0 Å². The van der Waals surface area contributed by atoms with Crippen LogP contribution in [0.15, 0.2) is 18.2 Å². The van der Waals surface area contributed by atoms with E-state index < -0.39 is 0 Å². The minimum Gasteiger partial charge on any atom is -0.207 e. The zero-order valence-corrected chi connectivity index (χ0v) is 10.5. The Morgan fingerprint density at radius 1 is 1.38 bits per heavy atom. The van der Waals surface area contributed by atoms with Crippen LogP contribution in [0.5, 0.6) is 0 Å². The van der Waals surface area contributed by atoms with E-state index in [1.165, 1.54) is 5.56 Å². The van der Waals surface area contributed by atoms with Gasteiger partial charge in [-0.2, -0.15) is 0 Å². The van der Waals surface area contributed by atoms with Gasteiger partial charge in [-0.1, -0.05) is 39.3 Å². The summed E-state index contributed by atoms with van der Waals surface area (Å²) in [4.78, 5) is 0. The maximum absolute atomic E-state index is 14.1. The van der Waals surface area contributed by atoms with Crippen molar-refractivity contribution in [1.82, 2.24) is 0 Å². The average molecular weight is 220 g/mol. The molecule has 0 amide bonds. The molecule has 1 heteroatoms. The van der Waals surface area contributed by atoms with Gasteiger partial charge in [-0.25, -0.2) is 4.39 Å². The molecule has 1 atom stereocenters. The highest BCUT2D eigenvalue weighted by Crippen LogP contribution is 2.48. The first-order chi connectivity index (χ1) is 7.62. The molecule has 0 saturated carbocycles. The van der Waals surface area contributed by atoms with Crippen molar-refractivity contribution in [3.63, 3.8) is 0 Å². The molecule has 0 aromatic heterocycles. The minimum atomic E-state index is 0.0113. The Morgan fingerprint density at radius 2 is 2.12 bits per heavy atom. The Kier molecular flexibility index (Phi) is 3.05. The van der Waals surface area contributed by atoms with E-state index >= 15 is 0 Å². The van der Waals surface area contributed by atoms with Crippen LogP contribution in [0.25, 0.3) is 0 Å². The summed E-state index contributed by atoms with van der Waals surface area (Å²) >= 11 is 0. The summed E-state index contributed by atoms with van der Waals surface area (Å²) < 4.78 is 14.1. The highest BCUT2D eigenvalue weighted by molar-refractivity contribution is 5.41. The Balaban J connectivity index is 2.54. The number of fused-ring (bicyclic) bond motifs is 1. The molecule has 88 valence electrons. The maximum atomic E-state index is 14.1. The number of hydrogen-bond donors (Lipinski definition) is 0. The summed E-state index contributed by atoms with van der Waals surface area (Å²) in [5.74, 6) is 0.530. The van der Waals surface area contributed by atoms with E-state index in [4.69, 9.17) is 0 Å². The van der Waals surface area contributed by atoms with Crippen molar-refractivity contribution in [3.05, 3.63) is 35.1 Å². The van der Waals surface area contributed by atoms with E-state index in [1.807, 2.05) is 6.07 Å². The molecular formula is C15H21F. The van der Waals surface area contributed by atoms with Crippen molar-refractivity contribution in [2.75, 3.05) is 0 Å². The molecule has 1 unspecified atom stereocenters. The van der Waals surface area contributed by atoms with Crippen LogP contribution in [0.2, 0.25) is 0 Å². The van der Waals surface area contributed by atoms with Crippen molar-refractivity contribution < 1.29 is 4.39 Å². The third kappa shape index (κ3) is 1.57. The van der Waals surface area contributed by atoms with Crippen molar-refractivity contribution >= 4 is 0 Å². The van der Waals surface area contributed by atoms with E-state index in [0.717, 1.165) is 31.2 Å². The number of aryl methyl sites for hydroxylation is 1. The summed E-state index contributed by atoms with van der Waals surface area (Å²) in [6, 6.07) is 5.56. The smallest absolute Gasteiger partial charge is 0.127 e. The number of benzene rings is 1. The van der Waals surface area contributed by atoms with Crippen LogP contribution in [-0.4, -0.2) is 0 Å². The van der Waals surface area contributed by atoms with Crippen LogP contribution in [0, 0.1) is 11.7 Å². The van der Waals surface area contributed by atoms with Gasteiger partial charge in [0, 0.05) is 5.41 Å². The van der Waals surface area contributed by atoms with Crippen LogP contribution in [0.3, 0.4) is 0 Å². The molecule has 0 nitrogen and oxygen atoms in total. The summed E-state index contributed by atoms with van der Waals surface area (Å²) in [5, 5.41) is 0. The zero-order chi connectivity index (χ0) is 11.8. The van der Waals surface area contributed by atoms with Gasteiger partial charge < -0.3 is 0 Å². The van der Waals surface area contributed by atoms with Crippen LogP contribution >= 0.6 is 0 Å². The Morgan fingerprint density at radius 3 is 2.75 bits per heavy atom. The molecule has 0 N–H and O–H groups in total. The summed E-state index contributed by atoms with van der Waals surface area (Å²) in [6.07, 6.45) is 4.41. The molecule has 1 aromatic carbocycles. The third-order valence-corrected chi connectivity index (χ3v) is 4.24. The molecule has 1 aliphatic carbocycles. The second kappa shape index (κ2) is 4.20. The summed E-state index contributed by atoms with van der Waals surface area (Å²) in [7, 11) is 0. The molecule has 0 heterocycles. The number of halogens is 1. The predicted molar refractivity (Wildman–Crippen MR) is 66.1 cm³/mol. The van der Waals surface area contributed by atoms with Gasteiger partial charge in [-0.05, 0) is 42.4 Å². The maximum Gasteiger partial charge on any atom is 0.127 e. The largest absolute Gasteiger partial charge is 0.207 e. The summed E-state index contributed by atoms with van der Waals surface area (Å²) in [5.41, 5.74) is 2.35. The molecule has 2 rings (SSSR count). The molecule has 16 heavy (non-hydrogen) atoms. The first kappa shape index (κ1) is 11.6. The van der Waals surface area contributed by atoms with E-state index in [2.05, 4.69) is 26.8 Å². The van der Waals surface area contributed by atoms with Crippen molar-refractivity contribution in [2.24, 2.45) is 5.92 Å². The lowest BCUT2D eigenvalue weighted by molar-refractivity contribution is 0.272. The first-order valence-electron chi connectivity index (χ1n) is 6.39. The molecule has 0 saturated heterocycles. The fourth-order valence-corrected chi connectivity index (χ4v) is 3.38. The van der Waals surface area contributed by atoms with Crippen molar-refractivity contribution in [3.8, 4) is 0 Å². The van der Waals surface area contributed by atoms with E-state index in [1.54, 1.807) is 6.07 Å². The lowest BCUT2D eigenvalue weighted by Gasteiger charge is -2.35. The Bertz CT molecular complexity index is 377. The van der Waals surface area contributed by atoms with E-state index in [0.29, 0.717) is 5.92 Å². The van der Waals surface area contributed by atoms with Gasteiger partial charge in [0.2, 0.25) is 0 Å². The van der Waals surface area contributed by atoms with Crippen LogP contribution in [-0.2, 0) is 11.8 Å². The normalized spacial score (nSPS) is 23.8. The fourth-order valence-electron chi connectivity index (χ4n) is 3.38. The monoisotopic (exact) mass is 220 g/mol. The molecule has 0 aliphatic heterocycles. The first-order valence-corrected chi connectivity index (χ1v) is 6.39. The zero-order valence-electron chi connectivity index (χ0n) is 10.5. The molecule has 1 aliphatic rings. The lowest BCUT2D eigenvalue weighted by atomic mass is 9.69. The second-order valence-corrected chi connectivity index (χ2v) is 5.33. The van der Waals surface area contributed by atoms with Gasteiger partial charge in [0.05, 0.1) is 0 Å². The fraction of sp³-hybridized carbons (Fsp3) is 0.600. The van der Waals surface area contributed by atoms with Crippen LogP contribution in [0.1, 0.15) is 51.2 Å². The lowest BCUT2D eigenvalue weighted by Crippen LogP contribution is -2.30. The van der Waals surface area contributed by atoms with Crippen molar-refractivity contribution in [1.29, 1.82) is 0 Å². The highest BCUT2D eigenvalue weighted by Gasteiger charge is 2.42. The standard InChI is InChI=1S/C15H21F/c1-4-9-15(11(2)3)10-8-12-6-5-7-13(16)14(12)15/h5-7,11H,4,8-10H2,1-3H3. The Hall–Kier alpha value is -0.850. The highest BCUT2D eigenvalue weighted by atomic mass is 19.1. The van der Waals surface area contributed by atoms with Gasteiger partial charge in [0.1, 0.15) is 5.82 Å². The molecule has 0 spiro atoms. The van der Waals surface area contributed by atoms with Gasteiger partial charge in [-0.15, -0.1) is 0 Å². The summed E-state index contributed by atoms with van der Waals surface area (Å²) in [6.45, 7) is 6.66. The van der Waals surface area contributed by atoms with Crippen molar-refractivity contribution in [2.45, 2.75) is 51.9 Å². The molecule has 0 fully saturated rings. The second-order valence-electron chi connectivity index (χ2n) is 5.33. The predicted octanol–water partition coefficient (Wildman–Crippen LogP) is 4.47. The number of hydrogen-bond acceptors (Lipinski definition) is 0. The third-order valence-electron chi connectivity index (χ3n) is 4.24. The molecule has 0 radical (unpaired) electrons. The topological polar surface area (TPSA) is 0 Å². The van der Waals surface area contributed by atoms with Gasteiger partial charge >= 0.3 is 0 Å². The average Bonchev–Trinajstić information content (AvgIpc) is 2.61. The van der Waals surface area contributed by atoms with Crippen LogP contribution in [0.4, 0.5) is 4.39 Å².